The number of anilines is 3. The molecule has 2 heterocycles. The van der Waals surface area contributed by atoms with Crippen molar-refractivity contribution in [2.75, 3.05) is 11.1 Å². The van der Waals surface area contributed by atoms with Crippen LogP contribution in [0.1, 0.15) is 18.3 Å². The van der Waals surface area contributed by atoms with Crippen LogP contribution in [0.25, 0.3) is 0 Å². The molecular formula is C14H15N9O2. The molecule has 3 N–H and O–H groups in total. The van der Waals surface area contributed by atoms with Crippen molar-refractivity contribution >= 4 is 23.5 Å². The zero-order valence-corrected chi connectivity index (χ0v) is 13.3. The number of nitrogens with zero attached hydrogens (tertiary/aromatic N) is 7. The standard InChI is InChI=1S/C14H15N9O2/c1-2-9-5-3-4-6-10(9)17-13-19-11(18-12(15)20-13)7-22-8-16-14(21-22)23(24)25/h3-6,8H,2,7H2,1H3,(H3,15,17,18,19,20). The second-order valence-corrected chi connectivity index (χ2v) is 5.07. The Morgan fingerprint density at radius 2 is 2.08 bits per heavy atom. The quantitative estimate of drug-likeness (QED) is 0.499. The summed E-state index contributed by atoms with van der Waals surface area (Å²) in [6, 6.07) is 7.78. The van der Waals surface area contributed by atoms with Gasteiger partial charge in [0.05, 0.1) is 0 Å². The fourth-order valence-corrected chi connectivity index (χ4v) is 2.23. The fraction of sp³-hybridized carbons (Fsp3) is 0.214. The smallest absolute Gasteiger partial charge is 0.390 e. The second-order valence-electron chi connectivity index (χ2n) is 5.07. The minimum absolute atomic E-state index is 0.0381. The maximum atomic E-state index is 10.6. The summed E-state index contributed by atoms with van der Waals surface area (Å²) in [5, 5.41) is 17.5. The molecule has 0 aliphatic rings. The molecule has 0 saturated carbocycles. The van der Waals surface area contributed by atoms with Crippen LogP contribution in [0.4, 0.5) is 23.5 Å². The average Bonchev–Trinajstić information content (AvgIpc) is 3.03. The van der Waals surface area contributed by atoms with Gasteiger partial charge in [-0.25, -0.2) is 0 Å². The van der Waals surface area contributed by atoms with E-state index in [2.05, 4.69) is 30.4 Å². The Morgan fingerprint density at radius 1 is 1.28 bits per heavy atom. The molecule has 0 amide bonds. The van der Waals surface area contributed by atoms with E-state index in [4.69, 9.17) is 5.73 Å². The van der Waals surface area contributed by atoms with Gasteiger partial charge in [0.25, 0.3) is 0 Å². The molecule has 0 aliphatic carbocycles. The lowest BCUT2D eigenvalue weighted by atomic mass is 10.1. The Hall–Kier alpha value is -3.63. The summed E-state index contributed by atoms with van der Waals surface area (Å²) >= 11 is 0. The first kappa shape index (κ1) is 16.2. The van der Waals surface area contributed by atoms with E-state index < -0.39 is 10.9 Å². The number of hydrogen-bond donors (Lipinski definition) is 2. The molecule has 3 rings (SSSR count). The van der Waals surface area contributed by atoms with E-state index in [-0.39, 0.29) is 18.4 Å². The molecule has 0 bridgehead atoms. The molecule has 0 unspecified atom stereocenters. The van der Waals surface area contributed by atoms with Crippen LogP contribution in [0.2, 0.25) is 0 Å². The topological polar surface area (TPSA) is 151 Å². The first-order valence-electron chi connectivity index (χ1n) is 7.44. The molecular weight excluding hydrogens is 326 g/mol. The Bertz CT molecular complexity index is 909. The number of para-hydroxylation sites is 1. The molecule has 0 fully saturated rings. The van der Waals surface area contributed by atoms with Crippen LogP contribution in [0.5, 0.6) is 0 Å². The molecule has 128 valence electrons. The summed E-state index contributed by atoms with van der Waals surface area (Å²) in [6.45, 7) is 2.13. The zero-order valence-electron chi connectivity index (χ0n) is 13.3. The first-order chi connectivity index (χ1) is 12.0. The number of hydrogen-bond acceptors (Lipinski definition) is 9. The van der Waals surface area contributed by atoms with Gasteiger partial charge in [-0.2, -0.15) is 19.6 Å². The molecule has 11 heteroatoms. The highest BCUT2D eigenvalue weighted by atomic mass is 16.6. The normalized spacial score (nSPS) is 10.6. The number of aromatic nitrogens is 6. The average molecular weight is 341 g/mol. The minimum Gasteiger partial charge on any atom is -0.390 e. The van der Waals surface area contributed by atoms with E-state index in [0.29, 0.717) is 5.82 Å². The van der Waals surface area contributed by atoms with E-state index in [9.17, 15) is 10.1 Å². The third-order valence-corrected chi connectivity index (χ3v) is 3.33. The summed E-state index contributed by atoms with van der Waals surface area (Å²) < 4.78 is 1.26. The summed E-state index contributed by atoms with van der Waals surface area (Å²) in [4.78, 5) is 25.9. The van der Waals surface area contributed by atoms with Crippen LogP contribution in [-0.4, -0.2) is 34.6 Å². The van der Waals surface area contributed by atoms with Crippen molar-refractivity contribution in [3.63, 3.8) is 0 Å². The maximum absolute atomic E-state index is 10.6. The molecule has 1 aromatic carbocycles. The van der Waals surface area contributed by atoms with Gasteiger partial charge in [0.15, 0.2) is 5.82 Å². The third-order valence-electron chi connectivity index (χ3n) is 3.33. The molecule has 3 aromatic rings. The maximum Gasteiger partial charge on any atom is 0.490 e. The molecule has 2 aromatic heterocycles. The zero-order chi connectivity index (χ0) is 17.8. The SMILES string of the molecule is CCc1ccccc1Nc1nc(N)nc(Cn2cnc([N+](=O)[O-])n2)n1. The summed E-state index contributed by atoms with van der Waals surface area (Å²) in [5.74, 6) is 0.148. The van der Waals surface area contributed by atoms with Gasteiger partial charge in [0, 0.05) is 10.8 Å². The van der Waals surface area contributed by atoms with E-state index >= 15 is 0 Å². The summed E-state index contributed by atoms with van der Waals surface area (Å²) in [5.41, 5.74) is 7.71. The third kappa shape index (κ3) is 3.83. The number of nitrogens with one attached hydrogen (secondary N) is 1. The fourth-order valence-electron chi connectivity index (χ4n) is 2.23. The minimum atomic E-state index is -0.674. The summed E-state index contributed by atoms with van der Waals surface area (Å²) in [7, 11) is 0. The van der Waals surface area contributed by atoms with Crippen molar-refractivity contribution in [1.29, 1.82) is 0 Å². The van der Waals surface area contributed by atoms with Gasteiger partial charge < -0.3 is 21.2 Å². The van der Waals surface area contributed by atoms with Gasteiger partial charge >= 0.3 is 5.95 Å². The van der Waals surface area contributed by atoms with Gasteiger partial charge in [-0.05, 0) is 23.0 Å². The molecule has 0 aliphatic heterocycles. The highest BCUT2D eigenvalue weighted by molar-refractivity contribution is 5.58. The van der Waals surface area contributed by atoms with Crippen LogP contribution in [0.3, 0.4) is 0 Å². The monoisotopic (exact) mass is 341 g/mol. The second kappa shape index (κ2) is 6.86. The van der Waals surface area contributed by atoms with E-state index in [0.717, 1.165) is 17.7 Å². The Morgan fingerprint density at radius 3 is 2.80 bits per heavy atom. The molecule has 0 atom stereocenters. The van der Waals surface area contributed by atoms with Crippen LogP contribution in [0.15, 0.2) is 30.6 Å². The lowest BCUT2D eigenvalue weighted by Gasteiger charge is -2.10. The van der Waals surface area contributed by atoms with Crippen LogP contribution in [0, 0.1) is 10.1 Å². The largest absolute Gasteiger partial charge is 0.490 e. The van der Waals surface area contributed by atoms with Crippen molar-refractivity contribution in [2.24, 2.45) is 0 Å². The number of aryl methyl sites for hydroxylation is 1. The lowest BCUT2D eigenvalue weighted by molar-refractivity contribution is -0.394. The number of rotatable bonds is 6. The number of nitro groups is 1. The van der Waals surface area contributed by atoms with Gasteiger partial charge in [-0.1, -0.05) is 30.1 Å². The van der Waals surface area contributed by atoms with Crippen molar-refractivity contribution < 1.29 is 4.92 Å². The molecule has 0 spiro atoms. The highest BCUT2D eigenvalue weighted by Crippen LogP contribution is 2.19. The number of nitrogens with two attached hydrogens (primary N) is 1. The molecule has 0 radical (unpaired) electrons. The van der Waals surface area contributed by atoms with Crippen molar-refractivity contribution in [1.82, 2.24) is 29.7 Å². The Labute approximate surface area is 142 Å². The number of nitrogen functional groups attached to an aromatic ring is 1. The summed E-state index contributed by atoms with van der Waals surface area (Å²) in [6.07, 6.45) is 2.08. The van der Waals surface area contributed by atoms with Gasteiger partial charge in [0.2, 0.25) is 18.2 Å². The molecule has 0 saturated heterocycles. The predicted octanol–water partition coefficient (Wildman–Crippen LogP) is 1.31. The Balaban J connectivity index is 1.83. The van der Waals surface area contributed by atoms with Crippen molar-refractivity contribution in [2.45, 2.75) is 19.9 Å². The van der Waals surface area contributed by atoms with Gasteiger partial charge in [-0.3, -0.25) is 0 Å². The van der Waals surface area contributed by atoms with Gasteiger partial charge in [0.1, 0.15) is 6.54 Å². The Kier molecular flexibility index (Phi) is 4.46. The van der Waals surface area contributed by atoms with Gasteiger partial charge in [-0.15, -0.1) is 0 Å². The van der Waals surface area contributed by atoms with E-state index in [1.54, 1.807) is 0 Å². The predicted molar refractivity (Wildman–Crippen MR) is 89.1 cm³/mol. The van der Waals surface area contributed by atoms with E-state index in [1.807, 2.05) is 31.2 Å². The van der Waals surface area contributed by atoms with Crippen LogP contribution >= 0.6 is 0 Å². The molecule has 25 heavy (non-hydrogen) atoms. The van der Waals surface area contributed by atoms with Crippen molar-refractivity contribution in [3.8, 4) is 0 Å². The lowest BCUT2D eigenvalue weighted by Crippen LogP contribution is -2.11. The number of benzene rings is 1. The van der Waals surface area contributed by atoms with Crippen LogP contribution < -0.4 is 11.1 Å². The van der Waals surface area contributed by atoms with Crippen molar-refractivity contribution in [3.05, 3.63) is 52.1 Å². The van der Waals surface area contributed by atoms with E-state index in [1.165, 1.54) is 11.0 Å². The first-order valence-corrected chi connectivity index (χ1v) is 7.44. The molecule has 11 nitrogen and oxygen atoms in total. The highest BCUT2D eigenvalue weighted by Gasteiger charge is 2.15. The van der Waals surface area contributed by atoms with Crippen LogP contribution in [-0.2, 0) is 13.0 Å².